The minimum Gasteiger partial charge on any atom is -0.508 e. The van der Waals surface area contributed by atoms with Gasteiger partial charge < -0.3 is 16.6 Å². The lowest BCUT2D eigenvalue weighted by Crippen LogP contribution is -2.46. The van der Waals surface area contributed by atoms with Gasteiger partial charge in [-0.2, -0.15) is 0 Å². The predicted octanol–water partition coefficient (Wildman–Crippen LogP) is -1.14. The average Bonchev–Trinajstić information content (AvgIpc) is 2.31. The Morgan fingerprint density at radius 2 is 1.88 bits per heavy atom. The van der Waals surface area contributed by atoms with Crippen molar-refractivity contribution >= 4 is 11.8 Å². The van der Waals surface area contributed by atoms with E-state index in [2.05, 4.69) is 5.32 Å². The first-order valence-corrected chi connectivity index (χ1v) is 5.10. The van der Waals surface area contributed by atoms with Crippen molar-refractivity contribution in [3.8, 4) is 5.75 Å². The third-order valence-electron chi connectivity index (χ3n) is 2.18. The summed E-state index contributed by atoms with van der Waals surface area (Å²) in [6.07, 6.45) is 0.282. The highest BCUT2D eigenvalue weighted by molar-refractivity contribution is 5.98. The van der Waals surface area contributed by atoms with E-state index in [4.69, 9.17) is 16.6 Å². The Balaban J connectivity index is 2.54. The summed E-state index contributed by atoms with van der Waals surface area (Å²) >= 11 is 0. The van der Waals surface area contributed by atoms with Crippen LogP contribution in [-0.2, 0) is 16.0 Å². The first kappa shape index (κ1) is 13.1. The van der Waals surface area contributed by atoms with Crippen LogP contribution in [0.4, 0.5) is 0 Å². The molecule has 2 amide bonds. The van der Waals surface area contributed by atoms with E-state index < -0.39 is 17.9 Å². The lowest BCUT2D eigenvalue weighted by Gasteiger charge is -2.11. The van der Waals surface area contributed by atoms with Crippen molar-refractivity contribution in [3.05, 3.63) is 29.8 Å². The number of imide groups is 1. The lowest BCUT2D eigenvalue weighted by atomic mass is 10.1. The molecular formula is C11H15N3O3. The Bertz CT molecular complexity index is 403. The first-order chi connectivity index (χ1) is 8.02. The van der Waals surface area contributed by atoms with Gasteiger partial charge in [0.05, 0.1) is 12.6 Å². The maximum atomic E-state index is 11.4. The van der Waals surface area contributed by atoms with Crippen LogP contribution in [0.5, 0.6) is 5.75 Å². The summed E-state index contributed by atoms with van der Waals surface area (Å²) in [5.74, 6) is -0.977. The van der Waals surface area contributed by atoms with E-state index in [0.29, 0.717) is 0 Å². The molecule has 1 atom stereocenters. The molecule has 1 aromatic rings. The van der Waals surface area contributed by atoms with Gasteiger partial charge in [-0.1, -0.05) is 12.1 Å². The van der Waals surface area contributed by atoms with Crippen LogP contribution >= 0.6 is 0 Å². The molecule has 0 aliphatic rings. The smallest absolute Gasteiger partial charge is 0.243 e. The Morgan fingerprint density at radius 3 is 2.41 bits per heavy atom. The zero-order chi connectivity index (χ0) is 12.8. The Kier molecular flexibility index (Phi) is 4.62. The van der Waals surface area contributed by atoms with Crippen LogP contribution in [0, 0.1) is 0 Å². The molecule has 6 N–H and O–H groups in total. The van der Waals surface area contributed by atoms with E-state index in [9.17, 15) is 9.59 Å². The first-order valence-electron chi connectivity index (χ1n) is 5.10. The second kappa shape index (κ2) is 5.97. The summed E-state index contributed by atoms with van der Waals surface area (Å²) in [4.78, 5) is 22.3. The standard InChI is InChI=1S/C11H15N3O3/c12-6-10(16)14-11(17)9(13)5-7-1-3-8(15)4-2-7/h1-4,9,15H,5-6,12-13H2,(H,14,16,17)/t9-/m0/s1. The summed E-state index contributed by atoms with van der Waals surface area (Å²) in [5.41, 5.74) is 11.5. The van der Waals surface area contributed by atoms with E-state index in [1.807, 2.05) is 0 Å². The number of nitrogens with one attached hydrogen (secondary N) is 1. The van der Waals surface area contributed by atoms with Gasteiger partial charge in [0, 0.05) is 0 Å². The number of hydrogen-bond donors (Lipinski definition) is 4. The third-order valence-corrected chi connectivity index (χ3v) is 2.18. The minimum absolute atomic E-state index is 0.144. The Labute approximate surface area is 98.6 Å². The van der Waals surface area contributed by atoms with Crippen LogP contribution in [0.15, 0.2) is 24.3 Å². The summed E-state index contributed by atoms with van der Waals surface area (Å²) in [6, 6.07) is 5.51. The number of rotatable bonds is 4. The number of benzene rings is 1. The van der Waals surface area contributed by atoms with E-state index in [0.717, 1.165) is 5.56 Å². The highest BCUT2D eigenvalue weighted by Gasteiger charge is 2.15. The largest absolute Gasteiger partial charge is 0.508 e. The van der Waals surface area contributed by atoms with Crippen molar-refractivity contribution < 1.29 is 14.7 Å². The van der Waals surface area contributed by atoms with E-state index in [1.165, 1.54) is 12.1 Å². The number of phenolic OH excluding ortho intramolecular Hbond substituents is 1. The minimum atomic E-state index is -0.824. The molecule has 0 saturated carbocycles. The fraction of sp³-hybridized carbons (Fsp3) is 0.273. The number of carbonyl (C=O) groups is 2. The molecule has 6 nitrogen and oxygen atoms in total. The number of amides is 2. The monoisotopic (exact) mass is 237 g/mol. The molecule has 0 radical (unpaired) electrons. The van der Waals surface area contributed by atoms with Crippen molar-refractivity contribution in [1.82, 2.24) is 5.32 Å². The number of aromatic hydroxyl groups is 1. The van der Waals surface area contributed by atoms with E-state index >= 15 is 0 Å². The fourth-order valence-corrected chi connectivity index (χ4v) is 1.26. The van der Waals surface area contributed by atoms with Crippen LogP contribution in [0.2, 0.25) is 0 Å². The topological polar surface area (TPSA) is 118 Å². The molecule has 1 rings (SSSR count). The van der Waals surface area contributed by atoms with Gasteiger partial charge in [-0.15, -0.1) is 0 Å². The quantitative estimate of drug-likeness (QED) is 0.528. The van der Waals surface area contributed by atoms with Gasteiger partial charge >= 0.3 is 0 Å². The van der Waals surface area contributed by atoms with Gasteiger partial charge in [0.15, 0.2) is 0 Å². The maximum Gasteiger partial charge on any atom is 0.243 e. The number of nitrogens with two attached hydrogens (primary N) is 2. The maximum absolute atomic E-state index is 11.4. The fourth-order valence-electron chi connectivity index (χ4n) is 1.26. The lowest BCUT2D eigenvalue weighted by molar-refractivity contribution is -0.130. The SMILES string of the molecule is NCC(=O)NC(=O)[C@@H](N)Cc1ccc(O)cc1. The molecule has 0 aliphatic carbocycles. The van der Waals surface area contributed by atoms with Gasteiger partial charge in [0.2, 0.25) is 11.8 Å². The summed E-state index contributed by atoms with van der Waals surface area (Å²) in [5, 5.41) is 11.2. The highest BCUT2D eigenvalue weighted by Crippen LogP contribution is 2.10. The van der Waals surface area contributed by atoms with Gasteiger partial charge in [0.1, 0.15) is 5.75 Å². The summed E-state index contributed by atoms with van der Waals surface area (Å²) in [7, 11) is 0. The second-order valence-corrected chi connectivity index (χ2v) is 3.59. The summed E-state index contributed by atoms with van der Waals surface area (Å²) in [6.45, 7) is -0.252. The molecule has 0 unspecified atom stereocenters. The molecule has 92 valence electrons. The van der Waals surface area contributed by atoms with Crippen molar-refractivity contribution in [2.75, 3.05) is 6.54 Å². The van der Waals surface area contributed by atoms with Crippen molar-refractivity contribution in [2.45, 2.75) is 12.5 Å². The van der Waals surface area contributed by atoms with Gasteiger partial charge in [0.25, 0.3) is 0 Å². The number of phenols is 1. The third kappa shape index (κ3) is 4.21. The average molecular weight is 237 g/mol. The van der Waals surface area contributed by atoms with Crippen LogP contribution in [-0.4, -0.2) is 29.5 Å². The zero-order valence-corrected chi connectivity index (χ0v) is 9.22. The van der Waals surface area contributed by atoms with Crippen LogP contribution < -0.4 is 16.8 Å². The van der Waals surface area contributed by atoms with Crippen molar-refractivity contribution in [3.63, 3.8) is 0 Å². The molecule has 0 saturated heterocycles. The molecule has 6 heteroatoms. The van der Waals surface area contributed by atoms with Gasteiger partial charge in [-0.05, 0) is 24.1 Å². The van der Waals surface area contributed by atoms with Crippen LogP contribution in [0.1, 0.15) is 5.56 Å². The summed E-state index contributed by atoms with van der Waals surface area (Å²) < 4.78 is 0. The van der Waals surface area contributed by atoms with Crippen molar-refractivity contribution in [1.29, 1.82) is 0 Å². The molecule has 0 fully saturated rings. The molecule has 0 aliphatic heterocycles. The molecule has 0 heterocycles. The molecule has 0 bridgehead atoms. The highest BCUT2D eigenvalue weighted by atomic mass is 16.3. The molecule has 0 spiro atoms. The van der Waals surface area contributed by atoms with Crippen LogP contribution in [0.3, 0.4) is 0 Å². The molecule has 1 aromatic carbocycles. The second-order valence-electron chi connectivity index (χ2n) is 3.59. The van der Waals surface area contributed by atoms with Crippen molar-refractivity contribution in [2.24, 2.45) is 11.5 Å². The van der Waals surface area contributed by atoms with Gasteiger partial charge in [-0.25, -0.2) is 0 Å². The Morgan fingerprint density at radius 1 is 1.29 bits per heavy atom. The number of carbonyl (C=O) groups excluding carboxylic acids is 2. The van der Waals surface area contributed by atoms with E-state index in [1.54, 1.807) is 12.1 Å². The molecule has 17 heavy (non-hydrogen) atoms. The predicted molar refractivity (Wildman–Crippen MR) is 62.0 cm³/mol. The molecular weight excluding hydrogens is 222 g/mol. The Hall–Kier alpha value is -1.92. The molecule has 0 aromatic heterocycles. The number of hydrogen-bond acceptors (Lipinski definition) is 5. The van der Waals surface area contributed by atoms with E-state index in [-0.39, 0.29) is 18.7 Å². The zero-order valence-electron chi connectivity index (χ0n) is 9.22. The van der Waals surface area contributed by atoms with Gasteiger partial charge in [-0.3, -0.25) is 14.9 Å². The normalized spacial score (nSPS) is 11.9. The van der Waals surface area contributed by atoms with Crippen LogP contribution in [0.25, 0.3) is 0 Å².